The molecule has 0 amide bonds. The van der Waals surface area contributed by atoms with Crippen LogP contribution in [0.3, 0.4) is 0 Å². The molecule has 0 fully saturated rings. The molecule has 0 aliphatic carbocycles. The summed E-state index contributed by atoms with van der Waals surface area (Å²) >= 11 is 20.0. The second-order valence-electron chi connectivity index (χ2n) is 0.759. The molecule has 0 bridgehead atoms. The van der Waals surface area contributed by atoms with Gasteiger partial charge in [0, 0.05) is 0 Å². The molecule has 0 spiro atoms. The molecule has 4 nitrogen and oxygen atoms in total. The van der Waals surface area contributed by atoms with Crippen molar-refractivity contribution in [3.05, 3.63) is 19.1 Å². The van der Waals surface area contributed by atoms with Crippen LogP contribution in [0.2, 0.25) is 0 Å². The van der Waals surface area contributed by atoms with E-state index in [4.69, 9.17) is 61.7 Å². The van der Waals surface area contributed by atoms with E-state index in [1.807, 2.05) is 0 Å². The lowest BCUT2D eigenvalue weighted by Gasteiger charge is -1.75. The van der Waals surface area contributed by atoms with Crippen LogP contribution in [-0.2, 0) is 0 Å². The summed E-state index contributed by atoms with van der Waals surface area (Å²) in [5, 5.41) is 13.6. The first-order valence-corrected chi connectivity index (χ1v) is 3.08. The van der Waals surface area contributed by atoms with Gasteiger partial charge in [-0.1, -0.05) is 46.4 Å². The van der Waals surface area contributed by atoms with Crippen LogP contribution in [0, 0.1) is 10.1 Å². The van der Waals surface area contributed by atoms with Gasteiger partial charge in [0.05, 0.1) is 0 Å². The minimum atomic E-state index is -1.50. The Kier molecular flexibility index (Phi) is 9.19. The van der Waals surface area contributed by atoms with Crippen molar-refractivity contribution in [3.63, 3.8) is 0 Å². The molecule has 0 rings (SSSR count). The number of nitrogens with zero attached hydrogens (tertiary/aromatic N) is 1. The summed E-state index contributed by atoms with van der Waals surface area (Å²) in [7, 11) is 0. The monoisotopic (exact) mass is 227 g/mol. The van der Waals surface area contributed by atoms with Crippen LogP contribution in [-0.4, -0.2) is 10.3 Å². The Labute approximate surface area is 76.0 Å². The van der Waals surface area contributed by atoms with Crippen LogP contribution in [0.5, 0.6) is 0 Å². The fourth-order valence-electron chi connectivity index (χ4n) is 0. The molecule has 0 aliphatic heterocycles. The minimum absolute atomic E-state index is 0.0988. The van der Waals surface area contributed by atoms with Gasteiger partial charge in [-0.2, -0.15) is 0 Å². The van der Waals surface area contributed by atoms with Crippen molar-refractivity contribution in [2.45, 2.75) is 0 Å². The summed E-state index contributed by atoms with van der Waals surface area (Å²) in [4.78, 5) is 8.36. The average Bonchev–Trinajstić information content (AvgIpc) is 1.63. The largest absolute Gasteiger partial charge is 0.328 e. The normalized spacial score (nSPS) is 7.20. The van der Waals surface area contributed by atoms with Crippen LogP contribution in [0.1, 0.15) is 0 Å². The number of rotatable bonds is 0. The Balaban J connectivity index is 0. The van der Waals surface area contributed by atoms with Crippen molar-refractivity contribution in [2.24, 2.45) is 0 Å². The molecule has 0 unspecified atom stereocenters. The van der Waals surface area contributed by atoms with Crippen LogP contribution in [0.15, 0.2) is 8.98 Å². The molecule has 0 aromatic heterocycles. The van der Waals surface area contributed by atoms with Gasteiger partial charge in [-0.25, -0.2) is 0 Å². The summed E-state index contributed by atoms with van der Waals surface area (Å²) in [6, 6.07) is 0. The van der Waals surface area contributed by atoms with Crippen LogP contribution in [0.4, 0.5) is 0 Å². The third-order valence-corrected chi connectivity index (χ3v) is 1.29. The van der Waals surface area contributed by atoms with Crippen molar-refractivity contribution >= 4 is 46.4 Å². The van der Waals surface area contributed by atoms with Gasteiger partial charge >= 0.3 is 0 Å². The van der Waals surface area contributed by atoms with Gasteiger partial charge in [-0.15, -0.1) is 10.1 Å². The number of halogens is 4. The molecule has 60 valence electrons. The summed E-state index contributed by atoms with van der Waals surface area (Å²) < 4.78 is -0.198. The van der Waals surface area contributed by atoms with Crippen molar-refractivity contribution in [3.8, 4) is 0 Å². The van der Waals surface area contributed by atoms with Gasteiger partial charge < -0.3 is 5.21 Å². The van der Waals surface area contributed by atoms with Crippen LogP contribution < -0.4 is 0 Å². The van der Waals surface area contributed by atoms with Crippen molar-refractivity contribution in [2.75, 3.05) is 0 Å². The zero-order valence-corrected chi connectivity index (χ0v) is 7.25. The Morgan fingerprint density at radius 2 is 1.30 bits per heavy atom. The summed E-state index contributed by atoms with van der Waals surface area (Å²) in [6.07, 6.45) is 0. The van der Waals surface area contributed by atoms with Crippen LogP contribution in [0.25, 0.3) is 0 Å². The molecule has 0 radical (unpaired) electrons. The quantitative estimate of drug-likeness (QED) is 0.512. The Morgan fingerprint density at radius 3 is 1.30 bits per heavy atom. The smallest absolute Gasteiger partial charge is 0.291 e. The molecule has 8 heteroatoms. The zero-order valence-electron chi connectivity index (χ0n) is 4.22. The second kappa shape index (κ2) is 7.21. The third-order valence-electron chi connectivity index (χ3n) is 0.143. The minimum Gasteiger partial charge on any atom is -0.328 e. The van der Waals surface area contributed by atoms with Crippen molar-refractivity contribution in [1.82, 2.24) is 0 Å². The highest BCUT2D eigenvalue weighted by atomic mass is 35.5. The van der Waals surface area contributed by atoms with E-state index in [9.17, 15) is 0 Å². The van der Waals surface area contributed by atoms with Gasteiger partial charge in [0.15, 0.2) is 0 Å². The fourth-order valence-corrected chi connectivity index (χ4v) is 0. The van der Waals surface area contributed by atoms with E-state index in [1.165, 1.54) is 0 Å². The zero-order chi connectivity index (χ0) is 8.73. The number of hydrogen-bond acceptors (Lipinski definition) is 2. The second-order valence-corrected chi connectivity index (χ2v) is 2.66. The molecular weight excluding hydrogens is 228 g/mol. The highest BCUT2D eigenvalue weighted by Crippen LogP contribution is 2.20. The maximum absolute atomic E-state index is 8.36. The first-order chi connectivity index (χ1) is 4.37. The molecule has 0 aromatic rings. The molecule has 0 heterocycles. The van der Waals surface area contributed by atoms with Crippen molar-refractivity contribution < 1.29 is 10.3 Å². The Morgan fingerprint density at radius 1 is 1.20 bits per heavy atom. The molecule has 0 atom stereocenters. The van der Waals surface area contributed by atoms with E-state index in [1.54, 1.807) is 0 Å². The predicted octanol–water partition coefficient (Wildman–Crippen LogP) is 2.72. The number of hydrogen-bond donors (Lipinski definition) is 1. The molecular formula is C2HCl4NO3. The van der Waals surface area contributed by atoms with Crippen LogP contribution >= 0.6 is 46.4 Å². The van der Waals surface area contributed by atoms with E-state index in [0.717, 1.165) is 0 Å². The van der Waals surface area contributed by atoms with Gasteiger partial charge in [-0.3, -0.25) is 0 Å². The van der Waals surface area contributed by atoms with Gasteiger partial charge in [0.25, 0.3) is 5.09 Å². The van der Waals surface area contributed by atoms with Gasteiger partial charge in [0.1, 0.15) is 8.98 Å². The molecule has 0 aliphatic rings. The summed E-state index contributed by atoms with van der Waals surface area (Å²) in [5.41, 5.74) is 0. The average molecular weight is 229 g/mol. The summed E-state index contributed by atoms with van der Waals surface area (Å²) in [5.74, 6) is 0. The van der Waals surface area contributed by atoms with Gasteiger partial charge in [0.2, 0.25) is 0 Å². The fraction of sp³-hybridized carbons (Fsp3) is 0. The predicted molar refractivity (Wildman–Crippen MR) is 39.2 cm³/mol. The maximum atomic E-state index is 8.36. The summed E-state index contributed by atoms with van der Waals surface area (Å²) in [6.45, 7) is 0. The highest BCUT2D eigenvalue weighted by Gasteiger charge is 1.88. The third kappa shape index (κ3) is 24.3. The standard InChI is InChI=1S/C2Cl4.HNO3/c3-1(4)2(5)6;2-1(3)4/h;(H,2,3,4). The topological polar surface area (TPSA) is 63.4 Å². The van der Waals surface area contributed by atoms with Gasteiger partial charge in [-0.05, 0) is 0 Å². The maximum Gasteiger partial charge on any atom is 0.291 e. The Hall–Kier alpha value is 0.1000. The first kappa shape index (κ1) is 12.7. The van der Waals surface area contributed by atoms with Crippen molar-refractivity contribution in [1.29, 1.82) is 0 Å². The lowest BCUT2D eigenvalue weighted by Crippen LogP contribution is -1.81. The SMILES string of the molecule is ClC(Cl)=C(Cl)Cl.O=[N+]([O-])O. The highest BCUT2D eigenvalue weighted by molar-refractivity contribution is 6.67. The molecule has 10 heavy (non-hydrogen) atoms. The first-order valence-electron chi connectivity index (χ1n) is 1.57. The molecule has 0 saturated heterocycles. The lowest BCUT2D eigenvalue weighted by atomic mass is 11.2. The Bertz CT molecular complexity index is 123. The van der Waals surface area contributed by atoms with E-state index < -0.39 is 5.09 Å². The van der Waals surface area contributed by atoms with E-state index in [2.05, 4.69) is 0 Å². The van der Waals surface area contributed by atoms with E-state index in [-0.39, 0.29) is 8.98 Å². The molecule has 0 aromatic carbocycles. The molecule has 1 N–H and O–H groups in total. The van der Waals surface area contributed by atoms with E-state index >= 15 is 0 Å². The van der Waals surface area contributed by atoms with E-state index in [0.29, 0.717) is 0 Å². The lowest BCUT2D eigenvalue weighted by molar-refractivity contribution is -0.742. The molecule has 0 saturated carbocycles.